The van der Waals surface area contributed by atoms with Gasteiger partial charge in [0.2, 0.25) is 0 Å². The number of nitrogens with zero attached hydrogens (tertiary/aromatic N) is 2. The van der Waals surface area contributed by atoms with Gasteiger partial charge in [0.25, 0.3) is 0 Å². The van der Waals surface area contributed by atoms with Gasteiger partial charge in [0.05, 0.1) is 6.20 Å². The zero-order valence-electron chi connectivity index (χ0n) is 6.65. The zero-order valence-corrected chi connectivity index (χ0v) is 6.65. The Labute approximate surface area is 69.7 Å². The first kappa shape index (κ1) is 7.03. The summed E-state index contributed by atoms with van der Waals surface area (Å²) < 4.78 is 0. The standard InChI is InChI=1S/C9H8N2O/c1-6-2-3-7-4-10-5-8(12)9(7)11-6/h2-5,12H,1H3. The van der Waals surface area contributed by atoms with Gasteiger partial charge in [-0.3, -0.25) is 4.98 Å². The van der Waals surface area contributed by atoms with Gasteiger partial charge in [-0.1, -0.05) is 0 Å². The Morgan fingerprint density at radius 2 is 2.08 bits per heavy atom. The maximum absolute atomic E-state index is 9.37. The number of rotatable bonds is 0. The SMILES string of the molecule is Cc1ccc2cncc(O)c2n1. The first-order chi connectivity index (χ1) is 5.77. The molecule has 0 atom stereocenters. The number of aryl methyl sites for hydroxylation is 1. The molecule has 0 unspecified atom stereocenters. The number of aromatic hydroxyl groups is 1. The van der Waals surface area contributed by atoms with Crippen LogP contribution in [-0.2, 0) is 0 Å². The molecule has 0 saturated heterocycles. The highest BCUT2D eigenvalue weighted by Gasteiger charge is 1.99. The number of fused-ring (bicyclic) bond motifs is 1. The summed E-state index contributed by atoms with van der Waals surface area (Å²) in [7, 11) is 0. The second-order valence-corrected chi connectivity index (χ2v) is 2.68. The predicted molar refractivity (Wildman–Crippen MR) is 45.9 cm³/mol. The van der Waals surface area contributed by atoms with Gasteiger partial charge in [-0.25, -0.2) is 4.98 Å². The zero-order chi connectivity index (χ0) is 8.55. The van der Waals surface area contributed by atoms with Crippen LogP contribution in [0.1, 0.15) is 5.69 Å². The molecule has 0 amide bonds. The molecule has 0 aliphatic carbocycles. The van der Waals surface area contributed by atoms with Crippen LogP contribution < -0.4 is 0 Å². The van der Waals surface area contributed by atoms with Crippen molar-refractivity contribution in [1.29, 1.82) is 0 Å². The highest BCUT2D eigenvalue weighted by Crippen LogP contribution is 2.20. The van der Waals surface area contributed by atoms with Crippen LogP contribution >= 0.6 is 0 Å². The highest BCUT2D eigenvalue weighted by molar-refractivity contribution is 5.82. The average Bonchev–Trinajstić information content (AvgIpc) is 2.07. The molecule has 0 spiro atoms. The minimum Gasteiger partial charge on any atom is -0.504 e. The third-order valence-electron chi connectivity index (χ3n) is 1.72. The van der Waals surface area contributed by atoms with E-state index in [4.69, 9.17) is 0 Å². The summed E-state index contributed by atoms with van der Waals surface area (Å²) in [4.78, 5) is 8.04. The summed E-state index contributed by atoms with van der Waals surface area (Å²) in [6.07, 6.45) is 3.08. The highest BCUT2D eigenvalue weighted by atomic mass is 16.3. The van der Waals surface area contributed by atoms with Gasteiger partial charge < -0.3 is 5.11 Å². The van der Waals surface area contributed by atoms with E-state index in [1.807, 2.05) is 19.1 Å². The fourth-order valence-corrected chi connectivity index (χ4v) is 1.13. The monoisotopic (exact) mass is 160 g/mol. The normalized spacial score (nSPS) is 10.4. The van der Waals surface area contributed by atoms with Crippen LogP contribution in [0.3, 0.4) is 0 Å². The second-order valence-electron chi connectivity index (χ2n) is 2.68. The molecule has 2 heterocycles. The van der Waals surface area contributed by atoms with E-state index in [0.29, 0.717) is 5.52 Å². The van der Waals surface area contributed by atoms with Gasteiger partial charge >= 0.3 is 0 Å². The maximum atomic E-state index is 9.37. The molecule has 0 aliphatic heterocycles. The van der Waals surface area contributed by atoms with Gasteiger partial charge in [0, 0.05) is 17.3 Å². The molecule has 12 heavy (non-hydrogen) atoms. The molecule has 3 heteroatoms. The Balaban J connectivity index is 2.88. The van der Waals surface area contributed by atoms with E-state index in [2.05, 4.69) is 9.97 Å². The Kier molecular flexibility index (Phi) is 1.43. The largest absolute Gasteiger partial charge is 0.504 e. The lowest BCUT2D eigenvalue weighted by molar-refractivity contribution is 0.478. The van der Waals surface area contributed by atoms with Gasteiger partial charge in [-0.15, -0.1) is 0 Å². The first-order valence-electron chi connectivity index (χ1n) is 3.68. The lowest BCUT2D eigenvalue weighted by Crippen LogP contribution is -1.84. The number of hydrogen-bond acceptors (Lipinski definition) is 3. The van der Waals surface area contributed by atoms with Crippen molar-refractivity contribution < 1.29 is 5.11 Å². The summed E-state index contributed by atoms with van der Waals surface area (Å²) in [5.74, 6) is 0.135. The molecule has 2 rings (SSSR count). The predicted octanol–water partition coefficient (Wildman–Crippen LogP) is 1.64. The number of hydrogen-bond donors (Lipinski definition) is 1. The van der Waals surface area contributed by atoms with E-state index in [1.165, 1.54) is 6.20 Å². The molecule has 1 N–H and O–H groups in total. The van der Waals surface area contributed by atoms with Crippen molar-refractivity contribution >= 4 is 10.9 Å². The smallest absolute Gasteiger partial charge is 0.160 e. The van der Waals surface area contributed by atoms with Crippen molar-refractivity contribution in [3.63, 3.8) is 0 Å². The summed E-state index contributed by atoms with van der Waals surface area (Å²) in [5, 5.41) is 10.2. The van der Waals surface area contributed by atoms with Crippen molar-refractivity contribution in [2.75, 3.05) is 0 Å². The molecule has 0 saturated carbocycles. The van der Waals surface area contributed by atoms with Crippen LogP contribution in [0.15, 0.2) is 24.5 Å². The molecule has 3 nitrogen and oxygen atoms in total. The van der Waals surface area contributed by atoms with Crippen molar-refractivity contribution in [3.05, 3.63) is 30.2 Å². The Hall–Kier alpha value is -1.64. The minimum absolute atomic E-state index is 0.135. The second kappa shape index (κ2) is 2.44. The third-order valence-corrected chi connectivity index (χ3v) is 1.72. The molecule has 0 aromatic carbocycles. The van der Waals surface area contributed by atoms with Gasteiger partial charge in [-0.2, -0.15) is 0 Å². The molecule has 0 bridgehead atoms. The molecule has 0 radical (unpaired) electrons. The van der Waals surface area contributed by atoms with Crippen LogP contribution in [0.25, 0.3) is 10.9 Å². The minimum atomic E-state index is 0.135. The first-order valence-corrected chi connectivity index (χ1v) is 3.68. The van der Waals surface area contributed by atoms with Gasteiger partial charge in [0.1, 0.15) is 5.52 Å². The maximum Gasteiger partial charge on any atom is 0.160 e. The molecular formula is C9H8N2O. The lowest BCUT2D eigenvalue weighted by Gasteiger charge is -1.99. The molecule has 0 fully saturated rings. The van der Waals surface area contributed by atoms with Crippen LogP contribution in [0, 0.1) is 6.92 Å². The van der Waals surface area contributed by atoms with Crippen molar-refractivity contribution in [2.45, 2.75) is 6.92 Å². The molecule has 60 valence electrons. The van der Waals surface area contributed by atoms with E-state index in [0.717, 1.165) is 11.1 Å². The molecule has 2 aromatic rings. The third kappa shape index (κ3) is 0.993. The van der Waals surface area contributed by atoms with E-state index in [9.17, 15) is 5.11 Å². The fraction of sp³-hybridized carbons (Fsp3) is 0.111. The number of pyridine rings is 2. The molecular weight excluding hydrogens is 152 g/mol. The van der Waals surface area contributed by atoms with E-state index in [-0.39, 0.29) is 5.75 Å². The molecule has 2 aromatic heterocycles. The van der Waals surface area contributed by atoms with Gasteiger partial charge in [-0.05, 0) is 19.1 Å². The quantitative estimate of drug-likeness (QED) is 0.637. The van der Waals surface area contributed by atoms with Crippen LogP contribution in [0.5, 0.6) is 5.75 Å². The van der Waals surface area contributed by atoms with Gasteiger partial charge in [0.15, 0.2) is 5.75 Å². The Morgan fingerprint density at radius 1 is 1.25 bits per heavy atom. The summed E-state index contributed by atoms with van der Waals surface area (Å²) in [6.45, 7) is 1.89. The lowest BCUT2D eigenvalue weighted by atomic mass is 10.2. The van der Waals surface area contributed by atoms with Crippen LogP contribution in [0.2, 0.25) is 0 Å². The van der Waals surface area contributed by atoms with Crippen molar-refractivity contribution in [2.24, 2.45) is 0 Å². The van der Waals surface area contributed by atoms with E-state index >= 15 is 0 Å². The Morgan fingerprint density at radius 3 is 2.92 bits per heavy atom. The van der Waals surface area contributed by atoms with Crippen molar-refractivity contribution in [1.82, 2.24) is 9.97 Å². The van der Waals surface area contributed by atoms with Crippen LogP contribution in [-0.4, -0.2) is 15.1 Å². The Bertz CT molecular complexity index is 426. The van der Waals surface area contributed by atoms with E-state index < -0.39 is 0 Å². The van der Waals surface area contributed by atoms with Crippen LogP contribution in [0.4, 0.5) is 0 Å². The molecule has 0 aliphatic rings. The number of aromatic nitrogens is 2. The fourth-order valence-electron chi connectivity index (χ4n) is 1.13. The van der Waals surface area contributed by atoms with Crippen molar-refractivity contribution in [3.8, 4) is 5.75 Å². The topological polar surface area (TPSA) is 46.0 Å². The summed E-state index contributed by atoms with van der Waals surface area (Å²) in [5.41, 5.74) is 1.51. The summed E-state index contributed by atoms with van der Waals surface area (Å²) in [6, 6.07) is 3.79. The average molecular weight is 160 g/mol. The van der Waals surface area contributed by atoms with E-state index in [1.54, 1.807) is 6.20 Å². The summed E-state index contributed by atoms with van der Waals surface area (Å²) >= 11 is 0.